The average Bonchev–Trinajstić information content (AvgIpc) is 1.33. The summed E-state index contributed by atoms with van der Waals surface area (Å²) in [6.07, 6.45) is -48.7. The van der Waals surface area contributed by atoms with E-state index in [0.717, 1.165) is 18.4 Å². The first-order valence-corrected chi connectivity index (χ1v) is 35.1. The van der Waals surface area contributed by atoms with Crippen molar-refractivity contribution in [1.82, 2.24) is 0 Å². The number of rotatable bonds is 23. The van der Waals surface area contributed by atoms with Crippen LogP contribution in [0.3, 0.4) is 0 Å². The molecule has 1 unspecified atom stereocenters. The summed E-state index contributed by atoms with van der Waals surface area (Å²) in [5.41, 5.74) is -3.02. The lowest BCUT2D eigenvalue weighted by atomic mass is 9.38. The van der Waals surface area contributed by atoms with E-state index in [0.29, 0.717) is 32.1 Å². The highest BCUT2D eigenvalue weighted by Crippen LogP contribution is 2.75. The number of aliphatic hydroxyl groups is 22. The highest BCUT2D eigenvalue weighted by atomic mass is 16.8. The lowest BCUT2D eigenvalue weighted by molar-refractivity contribution is -0.380. The molecule has 0 aromatic carbocycles. The Kier molecular flexibility index (Phi) is 25.5. The van der Waals surface area contributed by atoms with Crippen LogP contribution >= 0.6 is 0 Å². The van der Waals surface area contributed by atoms with Crippen molar-refractivity contribution in [1.29, 1.82) is 0 Å². The van der Waals surface area contributed by atoms with Crippen molar-refractivity contribution in [2.45, 2.75) is 315 Å². The van der Waals surface area contributed by atoms with Gasteiger partial charge in [0.05, 0.1) is 63.6 Å². The van der Waals surface area contributed by atoms with Crippen molar-refractivity contribution < 1.29 is 169 Å². The molecule has 22 N–H and O–H groups in total. The van der Waals surface area contributed by atoms with E-state index >= 15 is 0 Å². The van der Waals surface area contributed by atoms with E-state index in [1.807, 2.05) is 13.8 Å². The molecule has 34 heteroatoms. The molecule has 3 saturated carbocycles. The summed E-state index contributed by atoms with van der Waals surface area (Å²) in [6, 6.07) is 0. The molecule has 34 nitrogen and oxygen atoms in total. The van der Waals surface area contributed by atoms with E-state index in [1.165, 1.54) is 13.8 Å². The molecule has 10 aliphatic rings. The van der Waals surface area contributed by atoms with Gasteiger partial charge in [0.1, 0.15) is 146 Å². The summed E-state index contributed by atoms with van der Waals surface area (Å²) in [5.74, 6) is -0.322. The highest BCUT2D eigenvalue weighted by molar-refractivity contribution is 5.32. The van der Waals surface area contributed by atoms with Gasteiger partial charge >= 0.3 is 0 Å². The van der Waals surface area contributed by atoms with Gasteiger partial charge in [0.25, 0.3) is 0 Å². The van der Waals surface area contributed by atoms with Gasteiger partial charge in [0, 0.05) is 10.8 Å². The molecule has 40 atom stereocenters. The van der Waals surface area contributed by atoms with Gasteiger partial charge < -0.3 is 169 Å². The average molecular weight is 1450 g/mol. The van der Waals surface area contributed by atoms with Crippen LogP contribution in [0.4, 0.5) is 0 Å². The first-order chi connectivity index (χ1) is 46.9. The Hall–Kier alpha value is -1.62. The summed E-state index contributed by atoms with van der Waals surface area (Å²) < 4.78 is 72.0. The minimum atomic E-state index is -1.99. The standard InChI is InChI=1S/C66H112O34/c1-24(9-13-37(63(4,5)88)98-61-55(100-59-53(87)47(81)41(75)31(21-70)94-59)49(83)43(77)33(96-61)23-90-57-51(85)45(79)39(73)29(19-68)92-57)25-15-16-64(6)34-12-10-26-27(66(34,8)35(71)17-65(25,64)7)11-14-36(62(26,2)3)97-60-54(99-58-52(86)46(80)40(74)30(20-69)93-58)48(82)42(76)32(95-60)22-89-56-50(84)44(78)38(72)28(18-67)91-56/h10,24-25,27-61,67-88H,9,11-23H2,1-8H3/t24-,25?,27-,28-,29-,30+,31+,32-,33-,34-,35-,36+,37-,38-,39-,40+,41+,42-,43-,44+,45+,46-,47-,48+,49+,50-,51-,52+,53+,54-,55-,56-,57-,58-,59-,60+,61+,64+,65-,66+/m1/s1. The van der Waals surface area contributed by atoms with Gasteiger partial charge in [-0.25, -0.2) is 0 Å². The zero-order valence-corrected chi connectivity index (χ0v) is 57.6. The molecule has 100 heavy (non-hydrogen) atoms. The van der Waals surface area contributed by atoms with Crippen molar-refractivity contribution in [2.24, 2.45) is 45.3 Å². The molecule has 580 valence electrons. The van der Waals surface area contributed by atoms with Crippen molar-refractivity contribution >= 4 is 0 Å². The van der Waals surface area contributed by atoms with Crippen LogP contribution in [0.15, 0.2) is 11.6 Å². The van der Waals surface area contributed by atoms with Crippen LogP contribution in [0.1, 0.15) is 107 Å². The monoisotopic (exact) mass is 1450 g/mol. The maximum absolute atomic E-state index is 13.0. The Morgan fingerprint density at radius 2 is 0.860 bits per heavy atom. The Labute approximate surface area is 579 Å². The quantitative estimate of drug-likeness (QED) is 0.0423. The predicted molar refractivity (Wildman–Crippen MR) is 333 cm³/mol. The third-order valence-electron chi connectivity index (χ3n) is 25.0. The first-order valence-electron chi connectivity index (χ1n) is 35.1. The number of ether oxygens (including phenoxy) is 12. The SMILES string of the molecule is C[C@H](CC[C@@H](O[C@@H]1O[C@H](CO[C@@H]2O[C@H](CO)[C@@H](O)[C@H](O)[C@H]2O)[C@@H](O)[C@H](O)[C@H]1O[C@H]1O[C@@H](CO)[C@H](O)[C@@H](O)[C@@H]1O)C(C)(C)O)C1CC[C@@]2(C)[C@H]3CC=C4[C@@H](CC[C@H](O[C@@H]5O[C@H](CO[C@@H]6O[C@H](CO)[C@@H](O)[C@H](O)[C@H]6O)[C@@H](O)[C@H](O)[C@H]5O[C@H]5O[C@@H](CO)[C@H](O)[C@@H](O)[C@@H]5O)C4(C)C)[C@]3(C)[C@H](O)C[C@]12C. The van der Waals surface area contributed by atoms with Gasteiger partial charge in [-0.05, 0) is 99.7 Å². The second kappa shape index (κ2) is 31.5. The molecule has 6 saturated heterocycles. The summed E-state index contributed by atoms with van der Waals surface area (Å²) >= 11 is 0. The van der Waals surface area contributed by atoms with Gasteiger partial charge in [0.2, 0.25) is 0 Å². The van der Waals surface area contributed by atoms with E-state index in [1.54, 1.807) is 0 Å². The Balaban J connectivity index is 0.853. The molecule has 0 spiro atoms. The molecular formula is C66H112O34. The fourth-order valence-corrected chi connectivity index (χ4v) is 18.5. The van der Waals surface area contributed by atoms with Gasteiger partial charge in [-0.1, -0.05) is 53.2 Å². The van der Waals surface area contributed by atoms with Crippen LogP contribution in [-0.2, 0) is 56.8 Å². The molecule has 10 rings (SSSR count). The Morgan fingerprint density at radius 1 is 0.460 bits per heavy atom. The molecule has 6 aliphatic heterocycles. The number of aliphatic hydroxyl groups excluding tert-OH is 21. The van der Waals surface area contributed by atoms with Gasteiger partial charge in [-0.2, -0.15) is 0 Å². The van der Waals surface area contributed by atoms with E-state index in [-0.39, 0.29) is 35.5 Å². The second-order valence-electron chi connectivity index (χ2n) is 31.5. The summed E-state index contributed by atoms with van der Waals surface area (Å²) in [5, 5.41) is 239. The van der Waals surface area contributed by atoms with E-state index in [4.69, 9.17) is 56.8 Å². The summed E-state index contributed by atoms with van der Waals surface area (Å²) in [7, 11) is 0. The maximum atomic E-state index is 13.0. The van der Waals surface area contributed by atoms with Crippen LogP contribution in [0.25, 0.3) is 0 Å². The van der Waals surface area contributed by atoms with Crippen molar-refractivity contribution in [3.8, 4) is 0 Å². The largest absolute Gasteiger partial charge is 0.394 e. The number of hydrogen-bond acceptors (Lipinski definition) is 34. The maximum Gasteiger partial charge on any atom is 0.187 e. The smallest absolute Gasteiger partial charge is 0.187 e. The molecule has 6 heterocycles. The lowest BCUT2D eigenvalue weighted by Crippen LogP contribution is -2.66. The topological polar surface area (TPSA) is 556 Å². The first kappa shape index (κ1) is 80.9. The Morgan fingerprint density at radius 3 is 1.30 bits per heavy atom. The zero-order chi connectivity index (χ0) is 73.5. The summed E-state index contributed by atoms with van der Waals surface area (Å²) in [4.78, 5) is 0. The fourth-order valence-electron chi connectivity index (χ4n) is 18.5. The third kappa shape index (κ3) is 14.8. The molecule has 0 bridgehead atoms. The number of fused-ring (bicyclic) bond motifs is 5. The fraction of sp³-hybridized carbons (Fsp3) is 0.970. The third-order valence-corrected chi connectivity index (χ3v) is 25.0. The van der Waals surface area contributed by atoms with Crippen LogP contribution in [0.5, 0.6) is 0 Å². The van der Waals surface area contributed by atoms with Crippen molar-refractivity contribution in [3.05, 3.63) is 11.6 Å². The van der Waals surface area contributed by atoms with Gasteiger partial charge in [-0.3, -0.25) is 0 Å². The van der Waals surface area contributed by atoms with Crippen LogP contribution in [0, 0.1) is 45.3 Å². The molecule has 0 amide bonds. The summed E-state index contributed by atoms with van der Waals surface area (Å²) in [6.45, 7) is 11.3. The van der Waals surface area contributed by atoms with Crippen LogP contribution in [-0.4, -0.2) is 360 Å². The molecule has 9 fully saturated rings. The molecule has 0 aromatic heterocycles. The highest BCUT2D eigenvalue weighted by Gasteiger charge is 2.71. The van der Waals surface area contributed by atoms with Crippen LogP contribution < -0.4 is 0 Å². The van der Waals surface area contributed by atoms with Gasteiger partial charge in [-0.15, -0.1) is 0 Å². The molecule has 0 aromatic rings. The molecule has 4 aliphatic carbocycles. The molecular weight excluding hydrogens is 1340 g/mol. The molecule has 0 radical (unpaired) electrons. The normalized spacial score (nSPS) is 52.1. The number of hydrogen-bond donors (Lipinski definition) is 22. The minimum absolute atomic E-state index is 0.00756. The van der Waals surface area contributed by atoms with Crippen molar-refractivity contribution in [2.75, 3.05) is 39.6 Å². The van der Waals surface area contributed by atoms with E-state index in [9.17, 15) is 112 Å². The van der Waals surface area contributed by atoms with E-state index in [2.05, 4.69) is 33.8 Å². The van der Waals surface area contributed by atoms with Crippen molar-refractivity contribution in [3.63, 3.8) is 0 Å². The van der Waals surface area contributed by atoms with Gasteiger partial charge in [0.15, 0.2) is 37.7 Å². The zero-order valence-electron chi connectivity index (χ0n) is 57.6. The van der Waals surface area contributed by atoms with E-state index < -0.39 is 264 Å². The lowest BCUT2D eigenvalue weighted by Gasteiger charge is -2.67. The van der Waals surface area contributed by atoms with Crippen LogP contribution in [0.2, 0.25) is 0 Å². The second-order valence-corrected chi connectivity index (χ2v) is 31.5. The number of allylic oxidation sites excluding steroid dienone is 1. The predicted octanol–water partition coefficient (Wildman–Crippen LogP) is -7.58. The Bertz CT molecular complexity index is 2670. The minimum Gasteiger partial charge on any atom is -0.394 e.